The number of benzene rings is 1. The Morgan fingerprint density at radius 2 is 1.90 bits per heavy atom. The van der Waals surface area contributed by atoms with Crippen molar-refractivity contribution in [2.24, 2.45) is 0 Å². The maximum Gasteiger partial charge on any atom is 0.222 e. The monoisotopic (exact) mass is 290 g/mol. The summed E-state index contributed by atoms with van der Waals surface area (Å²) in [6, 6.07) is 8.24. The number of rotatable bonds is 5. The van der Waals surface area contributed by atoms with Crippen LogP contribution in [0.5, 0.6) is 5.75 Å². The van der Waals surface area contributed by atoms with Crippen molar-refractivity contribution in [2.45, 2.75) is 32.7 Å². The van der Waals surface area contributed by atoms with Crippen LogP contribution in [-0.4, -0.2) is 49.0 Å². The van der Waals surface area contributed by atoms with Crippen LogP contribution in [-0.2, 0) is 11.3 Å². The summed E-state index contributed by atoms with van der Waals surface area (Å²) in [6.45, 7) is 6.78. The Labute approximate surface area is 127 Å². The van der Waals surface area contributed by atoms with Gasteiger partial charge in [-0.25, -0.2) is 0 Å². The third-order valence-corrected chi connectivity index (χ3v) is 3.97. The molecule has 0 N–H and O–H groups in total. The molecule has 0 radical (unpaired) electrons. The Bertz CT molecular complexity index is 445. The van der Waals surface area contributed by atoms with Crippen molar-refractivity contribution < 1.29 is 9.53 Å². The maximum atomic E-state index is 12.0. The molecule has 0 aliphatic carbocycles. The summed E-state index contributed by atoms with van der Waals surface area (Å²) in [5, 5.41) is 0. The van der Waals surface area contributed by atoms with Gasteiger partial charge in [-0.05, 0) is 30.5 Å². The minimum atomic E-state index is 0.309. The minimum absolute atomic E-state index is 0.309. The van der Waals surface area contributed by atoms with Gasteiger partial charge in [0.15, 0.2) is 0 Å². The summed E-state index contributed by atoms with van der Waals surface area (Å²) in [5.74, 6) is 1.20. The highest BCUT2D eigenvalue weighted by Gasteiger charge is 2.18. The molecule has 0 spiro atoms. The molecule has 1 aromatic rings. The number of ether oxygens (including phenoxy) is 1. The fourth-order valence-corrected chi connectivity index (χ4v) is 2.74. The number of carbonyl (C=O) groups excluding carboxylic acids is 1. The zero-order valence-electron chi connectivity index (χ0n) is 13.2. The first-order valence-corrected chi connectivity index (χ1v) is 7.86. The van der Waals surface area contributed by atoms with E-state index in [1.165, 1.54) is 5.56 Å². The predicted octanol–water partition coefficient (Wildman–Crippen LogP) is 2.53. The van der Waals surface area contributed by atoms with E-state index in [9.17, 15) is 4.79 Å². The van der Waals surface area contributed by atoms with E-state index in [0.29, 0.717) is 12.3 Å². The molecule has 1 aromatic carbocycles. The SMILES string of the molecule is CCCC(=O)N1CCCN(Cc2ccc(OC)cc2)CC1. The average Bonchev–Trinajstić information content (AvgIpc) is 2.74. The molecule has 116 valence electrons. The van der Waals surface area contributed by atoms with Crippen molar-refractivity contribution in [1.82, 2.24) is 9.80 Å². The molecule has 1 aliphatic heterocycles. The molecule has 1 heterocycles. The Kier molecular flexibility index (Phi) is 6.05. The quantitative estimate of drug-likeness (QED) is 0.835. The van der Waals surface area contributed by atoms with Crippen molar-refractivity contribution in [3.8, 4) is 5.75 Å². The van der Waals surface area contributed by atoms with E-state index < -0.39 is 0 Å². The third kappa shape index (κ3) is 4.74. The zero-order valence-corrected chi connectivity index (χ0v) is 13.2. The number of hydrogen-bond donors (Lipinski definition) is 0. The van der Waals surface area contributed by atoms with Gasteiger partial charge in [-0.1, -0.05) is 19.1 Å². The van der Waals surface area contributed by atoms with E-state index in [1.54, 1.807) is 7.11 Å². The smallest absolute Gasteiger partial charge is 0.222 e. The molecule has 0 atom stereocenters. The van der Waals surface area contributed by atoms with Crippen LogP contribution in [0.2, 0.25) is 0 Å². The zero-order chi connectivity index (χ0) is 15.1. The minimum Gasteiger partial charge on any atom is -0.497 e. The number of amides is 1. The van der Waals surface area contributed by atoms with Gasteiger partial charge < -0.3 is 9.64 Å². The lowest BCUT2D eigenvalue weighted by Gasteiger charge is -2.22. The molecule has 0 bridgehead atoms. The van der Waals surface area contributed by atoms with Gasteiger partial charge in [-0.15, -0.1) is 0 Å². The van der Waals surface area contributed by atoms with Crippen molar-refractivity contribution in [3.05, 3.63) is 29.8 Å². The summed E-state index contributed by atoms with van der Waals surface area (Å²) in [6.07, 6.45) is 2.68. The standard InChI is InChI=1S/C17H26N2O2/c1-3-5-17(20)19-11-4-10-18(12-13-19)14-15-6-8-16(21-2)9-7-15/h6-9H,3-5,10-14H2,1-2H3. The molecule has 0 aromatic heterocycles. The second kappa shape index (κ2) is 8.03. The number of hydrogen-bond acceptors (Lipinski definition) is 3. The van der Waals surface area contributed by atoms with E-state index >= 15 is 0 Å². The van der Waals surface area contributed by atoms with Gasteiger partial charge in [0, 0.05) is 39.1 Å². The Balaban J connectivity index is 1.86. The molecule has 1 fully saturated rings. The molecule has 4 heteroatoms. The Morgan fingerprint density at radius 3 is 2.57 bits per heavy atom. The van der Waals surface area contributed by atoms with Gasteiger partial charge in [0.05, 0.1) is 7.11 Å². The molecule has 1 aliphatic rings. The van der Waals surface area contributed by atoms with E-state index in [0.717, 1.165) is 51.3 Å². The first-order valence-electron chi connectivity index (χ1n) is 7.86. The van der Waals surface area contributed by atoms with E-state index in [1.807, 2.05) is 17.0 Å². The van der Waals surface area contributed by atoms with Gasteiger partial charge in [0.1, 0.15) is 5.75 Å². The van der Waals surface area contributed by atoms with Gasteiger partial charge in [0.2, 0.25) is 5.91 Å². The summed E-state index contributed by atoms with van der Waals surface area (Å²) in [4.78, 5) is 16.4. The molecular weight excluding hydrogens is 264 g/mol. The lowest BCUT2D eigenvalue weighted by atomic mass is 10.2. The van der Waals surface area contributed by atoms with Crippen molar-refractivity contribution in [1.29, 1.82) is 0 Å². The van der Waals surface area contributed by atoms with Crippen LogP contribution in [0, 0.1) is 0 Å². The maximum absolute atomic E-state index is 12.0. The largest absolute Gasteiger partial charge is 0.497 e. The van der Waals surface area contributed by atoms with Gasteiger partial charge in [-0.3, -0.25) is 9.69 Å². The van der Waals surface area contributed by atoms with Crippen molar-refractivity contribution in [2.75, 3.05) is 33.3 Å². The van der Waals surface area contributed by atoms with Crippen LogP contribution in [0.25, 0.3) is 0 Å². The van der Waals surface area contributed by atoms with E-state index in [2.05, 4.69) is 24.0 Å². The second-order valence-corrected chi connectivity index (χ2v) is 5.61. The molecule has 21 heavy (non-hydrogen) atoms. The first kappa shape index (κ1) is 15.8. The van der Waals surface area contributed by atoms with Crippen LogP contribution in [0.3, 0.4) is 0 Å². The number of carbonyl (C=O) groups is 1. The highest BCUT2D eigenvalue weighted by molar-refractivity contribution is 5.76. The molecular formula is C17H26N2O2. The fraction of sp³-hybridized carbons (Fsp3) is 0.588. The van der Waals surface area contributed by atoms with E-state index in [-0.39, 0.29) is 0 Å². The van der Waals surface area contributed by atoms with Crippen LogP contribution < -0.4 is 4.74 Å². The number of methoxy groups -OCH3 is 1. The van der Waals surface area contributed by atoms with Crippen molar-refractivity contribution in [3.63, 3.8) is 0 Å². The van der Waals surface area contributed by atoms with Gasteiger partial charge in [0.25, 0.3) is 0 Å². The van der Waals surface area contributed by atoms with Crippen LogP contribution in [0.1, 0.15) is 31.7 Å². The highest BCUT2D eigenvalue weighted by atomic mass is 16.5. The van der Waals surface area contributed by atoms with Gasteiger partial charge >= 0.3 is 0 Å². The second-order valence-electron chi connectivity index (χ2n) is 5.61. The Hall–Kier alpha value is -1.55. The third-order valence-electron chi connectivity index (χ3n) is 3.97. The van der Waals surface area contributed by atoms with Crippen LogP contribution in [0.15, 0.2) is 24.3 Å². The topological polar surface area (TPSA) is 32.8 Å². The molecule has 0 saturated carbocycles. The molecule has 4 nitrogen and oxygen atoms in total. The fourth-order valence-electron chi connectivity index (χ4n) is 2.74. The highest BCUT2D eigenvalue weighted by Crippen LogP contribution is 2.14. The van der Waals surface area contributed by atoms with Crippen LogP contribution in [0.4, 0.5) is 0 Å². The van der Waals surface area contributed by atoms with Crippen LogP contribution >= 0.6 is 0 Å². The molecule has 0 unspecified atom stereocenters. The van der Waals surface area contributed by atoms with Gasteiger partial charge in [-0.2, -0.15) is 0 Å². The van der Waals surface area contributed by atoms with E-state index in [4.69, 9.17) is 4.74 Å². The Morgan fingerprint density at radius 1 is 1.14 bits per heavy atom. The predicted molar refractivity (Wildman–Crippen MR) is 84.4 cm³/mol. The first-order chi connectivity index (χ1) is 10.2. The lowest BCUT2D eigenvalue weighted by molar-refractivity contribution is -0.131. The summed E-state index contributed by atoms with van der Waals surface area (Å²) < 4.78 is 5.18. The summed E-state index contributed by atoms with van der Waals surface area (Å²) in [5.41, 5.74) is 1.30. The summed E-state index contributed by atoms with van der Waals surface area (Å²) in [7, 11) is 1.69. The average molecular weight is 290 g/mol. The van der Waals surface area contributed by atoms with Crippen molar-refractivity contribution >= 4 is 5.91 Å². The molecule has 1 saturated heterocycles. The molecule has 2 rings (SSSR count). The summed E-state index contributed by atoms with van der Waals surface area (Å²) >= 11 is 0. The lowest BCUT2D eigenvalue weighted by Crippen LogP contribution is -2.34. The molecule has 1 amide bonds. The number of nitrogens with zero attached hydrogens (tertiary/aromatic N) is 2. The normalized spacial score (nSPS) is 16.6.